The third-order valence-electron chi connectivity index (χ3n) is 5.34. The third kappa shape index (κ3) is 6.91. The molecule has 1 aromatic heterocycles. The van der Waals surface area contributed by atoms with Crippen molar-refractivity contribution in [2.75, 3.05) is 26.3 Å². The SMILES string of the molecule is Cc1nc(COC[C@H]2CCC[C@@]23CN(C(C)C)CCO3)cs1.O=C(O)C(F)(F)F. The van der Waals surface area contributed by atoms with Crippen LogP contribution in [0.25, 0.3) is 0 Å². The van der Waals surface area contributed by atoms with E-state index in [1.807, 2.05) is 6.92 Å². The number of aromatic nitrogens is 1. The van der Waals surface area contributed by atoms with Crippen molar-refractivity contribution in [1.29, 1.82) is 0 Å². The van der Waals surface area contributed by atoms with Crippen molar-refractivity contribution in [2.24, 2.45) is 5.92 Å². The molecular weight excluding hydrogens is 409 g/mol. The number of hydrogen-bond acceptors (Lipinski definition) is 6. The van der Waals surface area contributed by atoms with Gasteiger partial charge < -0.3 is 14.6 Å². The molecule has 3 rings (SSSR count). The topological polar surface area (TPSA) is 71.9 Å². The zero-order valence-corrected chi connectivity index (χ0v) is 17.8. The van der Waals surface area contributed by atoms with Crippen LogP contribution in [0.3, 0.4) is 0 Å². The van der Waals surface area contributed by atoms with E-state index in [4.69, 9.17) is 19.4 Å². The van der Waals surface area contributed by atoms with E-state index in [9.17, 15) is 13.2 Å². The van der Waals surface area contributed by atoms with Gasteiger partial charge >= 0.3 is 12.1 Å². The van der Waals surface area contributed by atoms with Crippen molar-refractivity contribution >= 4 is 17.3 Å². The van der Waals surface area contributed by atoms with E-state index in [0.717, 1.165) is 37.0 Å². The monoisotopic (exact) mass is 438 g/mol. The second-order valence-electron chi connectivity index (χ2n) is 7.74. The lowest BCUT2D eigenvalue weighted by atomic mass is 9.89. The average Bonchev–Trinajstić information content (AvgIpc) is 3.21. The van der Waals surface area contributed by atoms with Gasteiger partial charge in [-0.25, -0.2) is 9.78 Å². The zero-order valence-electron chi connectivity index (χ0n) is 17.0. The number of halogens is 3. The molecule has 10 heteroatoms. The lowest BCUT2D eigenvalue weighted by Gasteiger charge is -2.45. The molecule has 0 radical (unpaired) electrons. The molecule has 166 valence electrons. The minimum atomic E-state index is -5.08. The Bertz CT molecular complexity index is 668. The van der Waals surface area contributed by atoms with Crippen molar-refractivity contribution < 1.29 is 32.5 Å². The molecule has 0 aromatic carbocycles. The van der Waals surface area contributed by atoms with Gasteiger partial charge in [0.15, 0.2) is 0 Å². The Morgan fingerprint density at radius 2 is 2.21 bits per heavy atom. The maximum absolute atomic E-state index is 10.6. The van der Waals surface area contributed by atoms with Crippen LogP contribution in [0.1, 0.15) is 43.8 Å². The number of thiazole rings is 1. The van der Waals surface area contributed by atoms with E-state index in [1.54, 1.807) is 11.3 Å². The normalized spacial score (nSPS) is 25.3. The molecule has 1 saturated heterocycles. The number of aliphatic carboxylic acids is 1. The molecule has 1 saturated carbocycles. The Hall–Kier alpha value is -1.23. The number of carboxylic acid groups (broad SMARTS) is 1. The highest BCUT2D eigenvalue weighted by Crippen LogP contribution is 2.41. The molecule has 0 amide bonds. The van der Waals surface area contributed by atoms with Gasteiger partial charge in [0.2, 0.25) is 0 Å². The zero-order chi connectivity index (χ0) is 21.7. The summed E-state index contributed by atoms with van der Waals surface area (Å²) in [5, 5.41) is 10.3. The second-order valence-corrected chi connectivity index (χ2v) is 8.80. The fourth-order valence-corrected chi connectivity index (χ4v) is 4.40. The first kappa shape index (κ1) is 24.0. The van der Waals surface area contributed by atoms with Crippen molar-refractivity contribution in [2.45, 2.75) is 64.5 Å². The summed E-state index contributed by atoms with van der Waals surface area (Å²) in [6, 6.07) is 0.598. The van der Waals surface area contributed by atoms with Crippen LogP contribution in [0.15, 0.2) is 5.38 Å². The Kier molecular flexibility index (Phi) is 8.45. The van der Waals surface area contributed by atoms with E-state index >= 15 is 0 Å². The minimum absolute atomic E-state index is 0.0283. The summed E-state index contributed by atoms with van der Waals surface area (Å²) in [7, 11) is 0. The van der Waals surface area contributed by atoms with Crippen molar-refractivity contribution in [3.8, 4) is 0 Å². The fourth-order valence-electron chi connectivity index (χ4n) is 3.80. The molecular formula is C19H29F3N2O4S. The van der Waals surface area contributed by atoms with E-state index in [-0.39, 0.29) is 5.60 Å². The summed E-state index contributed by atoms with van der Waals surface area (Å²) in [4.78, 5) is 15.9. The number of aryl methyl sites for hydroxylation is 1. The Morgan fingerprint density at radius 1 is 1.52 bits per heavy atom. The summed E-state index contributed by atoms with van der Waals surface area (Å²) in [6.07, 6.45) is -1.42. The number of nitrogens with zero attached hydrogens (tertiary/aromatic N) is 2. The van der Waals surface area contributed by atoms with Crippen LogP contribution in [0.5, 0.6) is 0 Å². The Morgan fingerprint density at radius 3 is 2.76 bits per heavy atom. The Balaban J connectivity index is 0.000000370. The quantitative estimate of drug-likeness (QED) is 0.752. The van der Waals surface area contributed by atoms with Crippen molar-refractivity contribution in [3.63, 3.8) is 0 Å². The lowest BCUT2D eigenvalue weighted by Crippen LogP contribution is -2.56. The number of alkyl halides is 3. The van der Waals surface area contributed by atoms with E-state index in [1.165, 1.54) is 19.3 Å². The predicted molar refractivity (Wildman–Crippen MR) is 103 cm³/mol. The molecule has 2 heterocycles. The van der Waals surface area contributed by atoms with Crippen LogP contribution in [-0.2, 0) is 20.9 Å². The fraction of sp³-hybridized carbons (Fsp3) is 0.789. The maximum atomic E-state index is 10.6. The molecule has 2 aliphatic rings. The lowest BCUT2D eigenvalue weighted by molar-refractivity contribution is -0.192. The standard InChI is InChI=1S/C17H28N2O2S.C2HF3O2/c1-13(2)19-7-8-21-17(12-19)6-4-5-15(17)9-20-10-16-11-22-14(3)18-16;3-2(4,5)1(6)7/h11,13,15H,4-10,12H2,1-3H3;(H,6,7)/t15-,17-;/m1./s1. The van der Waals surface area contributed by atoms with Gasteiger partial charge in [-0.1, -0.05) is 6.42 Å². The molecule has 6 nitrogen and oxygen atoms in total. The highest BCUT2D eigenvalue weighted by molar-refractivity contribution is 7.09. The molecule has 1 aliphatic heterocycles. The van der Waals surface area contributed by atoms with Crippen LogP contribution >= 0.6 is 11.3 Å². The van der Waals surface area contributed by atoms with Gasteiger partial charge in [-0.2, -0.15) is 13.2 Å². The first-order valence-corrected chi connectivity index (χ1v) is 10.6. The number of carbonyl (C=O) groups is 1. The van der Waals surface area contributed by atoms with Gasteiger partial charge in [-0.3, -0.25) is 4.90 Å². The largest absolute Gasteiger partial charge is 0.490 e. The molecule has 2 fully saturated rings. The maximum Gasteiger partial charge on any atom is 0.490 e. The average molecular weight is 439 g/mol. The molecule has 1 spiro atoms. The first-order chi connectivity index (χ1) is 13.5. The molecule has 2 atom stereocenters. The van der Waals surface area contributed by atoms with Crippen LogP contribution in [0.4, 0.5) is 13.2 Å². The third-order valence-corrected chi connectivity index (χ3v) is 6.17. The summed E-state index contributed by atoms with van der Waals surface area (Å²) < 4.78 is 44.0. The number of rotatable bonds is 5. The van der Waals surface area contributed by atoms with Crippen LogP contribution in [-0.4, -0.2) is 65.1 Å². The van der Waals surface area contributed by atoms with Gasteiger partial charge in [-0.15, -0.1) is 11.3 Å². The summed E-state index contributed by atoms with van der Waals surface area (Å²) in [5.41, 5.74) is 1.09. The van der Waals surface area contributed by atoms with Crippen LogP contribution < -0.4 is 0 Å². The van der Waals surface area contributed by atoms with Gasteiger partial charge in [-0.05, 0) is 33.6 Å². The summed E-state index contributed by atoms with van der Waals surface area (Å²) in [5.74, 6) is -2.23. The van der Waals surface area contributed by atoms with Gasteiger partial charge in [0, 0.05) is 30.4 Å². The highest BCUT2D eigenvalue weighted by atomic mass is 32.1. The van der Waals surface area contributed by atoms with Gasteiger partial charge in [0.05, 0.1) is 36.1 Å². The molecule has 1 aliphatic carbocycles. The van der Waals surface area contributed by atoms with Gasteiger partial charge in [0.1, 0.15) is 0 Å². The molecule has 1 N–H and O–H groups in total. The molecule has 0 bridgehead atoms. The van der Waals surface area contributed by atoms with Crippen LogP contribution in [0.2, 0.25) is 0 Å². The second kappa shape index (κ2) is 10.2. The first-order valence-electron chi connectivity index (χ1n) is 9.70. The van der Waals surface area contributed by atoms with Gasteiger partial charge in [0.25, 0.3) is 0 Å². The smallest absolute Gasteiger partial charge is 0.475 e. The number of ether oxygens (including phenoxy) is 2. The van der Waals surface area contributed by atoms with Crippen molar-refractivity contribution in [1.82, 2.24) is 9.88 Å². The predicted octanol–water partition coefficient (Wildman–Crippen LogP) is 3.88. The summed E-state index contributed by atoms with van der Waals surface area (Å²) >= 11 is 1.69. The number of carboxylic acids is 1. The highest BCUT2D eigenvalue weighted by Gasteiger charge is 2.47. The number of morpholine rings is 1. The van der Waals surface area contributed by atoms with Crippen LogP contribution in [0, 0.1) is 12.8 Å². The molecule has 29 heavy (non-hydrogen) atoms. The molecule has 0 unspecified atom stereocenters. The van der Waals surface area contributed by atoms with E-state index < -0.39 is 12.1 Å². The minimum Gasteiger partial charge on any atom is -0.475 e. The van der Waals surface area contributed by atoms with E-state index in [0.29, 0.717) is 18.6 Å². The molecule has 1 aromatic rings. The summed E-state index contributed by atoms with van der Waals surface area (Å²) in [6.45, 7) is 11.0. The Labute approximate surface area is 173 Å². The number of hydrogen-bond donors (Lipinski definition) is 1. The van der Waals surface area contributed by atoms with E-state index in [2.05, 4.69) is 29.1 Å². The van der Waals surface area contributed by atoms with Crippen molar-refractivity contribution in [3.05, 3.63) is 16.1 Å².